The first-order valence-electron chi connectivity index (χ1n) is 5.19. The summed E-state index contributed by atoms with van der Waals surface area (Å²) in [6.07, 6.45) is 0.904. The Hall–Kier alpha value is -1.09. The quantitative estimate of drug-likeness (QED) is 0.808. The molecule has 0 aliphatic carbocycles. The molecule has 1 unspecified atom stereocenters. The van der Waals surface area contributed by atoms with Crippen molar-refractivity contribution in [2.45, 2.75) is 26.3 Å². The molecular weight excluding hydrogens is 193 g/mol. The summed E-state index contributed by atoms with van der Waals surface area (Å²) in [5, 5.41) is 3.14. The Kier molecular flexibility index (Phi) is 4.56. The van der Waals surface area contributed by atoms with Gasteiger partial charge in [0.2, 0.25) is 0 Å². The maximum absolute atomic E-state index is 13.4. The van der Waals surface area contributed by atoms with E-state index < -0.39 is 0 Å². The molecular formula is C12H18FNO. The minimum absolute atomic E-state index is 0.159. The maximum Gasteiger partial charge on any atom is 0.146 e. The average molecular weight is 211 g/mol. The molecule has 0 bridgehead atoms. The van der Waals surface area contributed by atoms with Gasteiger partial charge in [-0.05, 0) is 31.0 Å². The van der Waals surface area contributed by atoms with Crippen LogP contribution in [0.4, 0.5) is 10.1 Å². The lowest BCUT2D eigenvalue weighted by Crippen LogP contribution is -2.24. The summed E-state index contributed by atoms with van der Waals surface area (Å²) in [6.45, 7) is 4.58. The molecule has 0 fully saturated rings. The van der Waals surface area contributed by atoms with E-state index in [9.17, 15) is 4.39 Å². The predicted octanol–water partition coefficient (Wildman–Crippen LogP) is 2.97. The summed E-state index contributed by atoms with van der Waals surface area (Å²) in [5.74, 6) is -0.213. The standard InChI is InChI=1S/C12H18FNO/c1-4-10(8-15-3)14-12-7-9(2)5-6-11(12)13/h5-7,10,14H,4,8H2,1-3H3. The van der Waals surface area contributed by atoms with Gasteiger partial charge in [-0.15, -0.1) is 0 Å². The molecule has 0 aliphatic heterocycles. The van der Waals surface area contributed by atoms with Crippen LogP contribution >= 0.6 is 0 Å². The minimum atomic E-state index is -0.213. The molecule has 1 aromatic carbocycles. The Balaban J connectivity index is 2.73. The molecule has 0 saturated heterocycles. The highest BCUT2D eigenvalue weighted by Crippen LogP contribution is 2.17. The molecule has 0 heterocycles. The van der Waals surface area contributed by atoms with Gasteiger partial charge in [-0.1, -0.05) is 13.0 Å². The first kappa shape index (κ1) is 12.0. The van der Waals surface area contributed by atoms with E-state index in [4.69, 9.17) is 4.74 Å². The maximum atomic E-state index is 13.4. The molecule has 0 radical (unpaired) electrons. The number of nitrogens with one attached hydrogen (secondary N) is 1. The lowest BCUT2D eigenvalue weighted by atomic mass is 10.2. The van der Waals surface area contributed by atoms with Crippen LogP contribution in [0.1, 0.15) is 18.9 Å². The molecule has 1 N–H and O–H groups in total. The third kappa shape index (κ3) is 3.51. The summed E-state index contributed by atoms with van der Waals surface area (Å²) in [7, 11) is 1.65. The molecule has 0 amide bonds. The normalized spacial score (nSPS) is 12.5. The van der Waals surface area contributed by atoms with Crippen molar-refractivity contribution in [2.24, 2.45) is 0 Å². The molecule has 15 heavy (non-hydrogen) atoms. The summed E-state index contributed by atoms with van der Waals surface area (Å²) < 4.78 is 18.5. The highest BCUT2D eigenvalue weighted by atomic mass is 19.1. The topological polar surface area (TPSA) is 21.3 Å². The van der Waals surface area contributed by atoms with Crippen LogP contribution in [0, 0.1) is 12.7 Å². The zero-order chi connectivity index (χ0) is 11.3. The van der Waals surface area contributed by atoms with Gasteiger partial charge in [0.25, 0.3) is 0 Å². The number of hydrogen-bond donors (Lipinski definition) is 1. The fourth-order valence-electron chi connectivity index (χ4n) is 1.43. The molecule has 1 rings (SSSR count). The van der Waals surface area contributed by atoms with Crippen LogP contribution in [-0.4, -0.2) is 19.8 Å². The Morgan fingerprint density at radius 3 is 2.80 bits per heavy atom. The van der Waals surface area contributed by atoms with Gasteiger partial charge in [0.05, 0.1) is 12.3 Å². The number of aryl methyl sites for hydroxylation is 1. The summed E-state index contributed by atoms with van der Waals surface area (Å²) >= 11 is 0. The number of hydrogen-bond acceptors (Lipinski definition) is 2. The number of anilines is 1. The Morgan fingerprint density at radius 2 is 2.20 bits per heavy atom. The van der Waals surface area contributed by atoms with E-state index >= 15 is 0 Å². The zero-order valence-electron chi connectivity index (χ0n) is 9.51. The molecule has 0 spiro atoms. The second-order valence-corrected chi connectivity index (χ2v) is 3.69. The summed E-state index contributed by atoms with van der Waals surface area (Å²) in [6, 6.07) is 5.22. The summed E-state index contributed by atoms with van der Waals surface area (Å²) in [4.78, 5) is 0. The molecule has 3 heteroatoms. The minimum Gasteiger partial charge on any atom is -0.383 e. The number of rotatable bonds is 5. The smallest absolute Gasteiger partial charge is 0.146 e. The Morgan fingerprint density at radius 1 is 1.47 bits per heavy atom. The van der Waals surface area contributed by atoms with Crippen LogP contribution < -0.4 is 5.32 Å². The molecule has 0 saturated carbocycles. The lowest BCUT2D eigenvalue weighted by molar-refractivity contribution is 0.184. The highest BCUT2D eigenvalue weighted by molar-refractivity contribution is 5.47. The molecule has 84 valence electrons. The van der Waals surface area contributed by atoms with E-state index in [0.29, 0.717) is 12.3 Å². The van der Waals surface area contributed by atoms with Gasteiger partial charge < -0.3 is 10.1 Å². The van der Waals surface area contributed by atoms with Crippen LogP contribution in [0.3, 0.4) is 0 Å². The number of halogens is 1. The highest BCUT2D eigenvalue weighted by Gasteiger charge is 2.08. The van der Waals surface area contributed by atoms with E-state index in [1.54, 1.807) is 13.2 Å². The first-order chi connectivity index (χ1) is 7.17. The van der Waals surface area contributed by atoms with Crippen molar-refractivity contribution in [2.75, 3.05) is 19.0 Å². The SMILES string of the molecule is CCC(COC)Nc1cc(C)ccc1F. The number of methoxy groups -OCH3 is 1. The molecule has 0 aromatic heterocycles. The Bertz CT molecular complexity index is 314. The number of benzene rings is 1. The van der Waals surface area contributed by atoms with Gasteiger partial charge in [-0.2, -0.15) is 0 Å². The van der Waals surface area contributed by atoms with Gasteiger partial charge in [-0.3, -0.25) is 0 Å². The largest absolute Gasteiger partial charge is 0.383 e. The van der Waals surface area contributed by atoms with E-state index in [0.717, 1.165) is 12.0 Å². The number of ether oxygens (including phenoxy) is 1. The van der Waals surface area contributed by atoms with E-state index in [1.165, 1.54) is 6.07 Å². The molecule has 0 aliphatic rings. The van der Waals surface area contributed by atoms with Crippen molar-refractivity contribution in [1.82, 2.24) is 0 Å². The van der Waals surface area contributed by atoms with Crippen molar-refractivity contribution in [3.8, 4) is 0 Å². The van der Waals surface area contributed by atoms with Crippen LogP contribution in [0.15, 0.2) is 18.2 Å². The van der Waals surface area contributed by atoms with Crippen LogP contribution in [0.5, 0.6) is 0 Å². The van der Waals surface area contributed by atoms with E-state index in [-0.39, 0.29) is 11.9 Å². The van der Waals surface area contributed by atoms with Crippen molar-refractivity contribution in [1.29, 1.82) is 0 Å². The summed E-state index contributed by atoms with van der Waals surface area (Å²) in [5.41, 5.74) is 1.60. The molecule has 1 aromatic rings. The third-order valence-electron chi connectivity index (χ3n) is 2.34. The van der Waals surface area contributed by atoms with E-state index in [1.807, 2.05) is 19.9 Å². The third-order valence-corrected chi connectivity index (χ3v) is 2.34. The van der Waals surface area contributed by atoms with Crippen LogP contribution in [0.2, 0.25) is 0 Å². The second kappa shape index (κ2) is 5.71. The van der Waals surface area contributed by atoms with Gasteiger partial charge in [0.1, 0.15) is 5.82 Å². The lowest BCUT2D eigenvalue weighted by Gasteiger charge is -2.18. The average Bonchev–Trinajstić information content (AvgIpc) is 2.22. The van der Waals surface area contributed by atoms with Crippen molar-refractivity contribution >= 4 is 5.69 Å². The van der Waals surface area contributed by atoms with Gasteiger partial charge >= 0.3 is 0 Å². The van der Waals surface area contributed by atoms with E-state index in [2.05, 4.69) is 5.32 Å². The fourth-order valence-corrected chi connectivity index (χ4v) is 1.43. The second-order valence-electron chi connectivity index (χ2n) is 3.69. The predicted molar refractivity (Wildman–Crippen MR) is 60.7 cm³/mol. The van der Waals surface area contributed by atoms with Gasteiger partial charge in [0, 0.05) is 13.2 Å². The molecule has 1 atom stereocenters. The zero-order valence-corrected chi connectivity index (χ0v) is 9.51. The van der Waals surface area contributed by atoms with Crippen molar-refractivity contribution in [3.63, 3.8) is 0 Å². The van der Waals surface area contributed by atoms with Gasteiger partial charge in [-0.25, -0.2) is 4.39 Å². The first-order valence-corrected chi connectivity index (χ1v) is 5.19. The molecule has 2 nitrogen and oxygen atoms in total. The van der Waals surface area contributed by atoms with Crippen molar-refractivity contribution < 1.29 is 9.13 Å². The van der Waals surface area contributed by atoms with Crippen LogP contribution in [-0.2, 0) is 4.74 Å². The Labute approximate surface area is 90.4 Å². The van der Waals surface area contributed by atoms with Crippen molar-refractivity contribution in [3.05, 3.63) is 29.6 Å². The fraction of sp³-hybridized carbons (Fsp3) is 0.500. The van der Waals surface area contributed by atoms with Gasteiger partial charge in [0.15, 0.2) is 0 Å². The van der Waals surface area contributed by atoms with Crippen LogP contribution in [0.25, 0.3) is 0 Å². The monoisotopic (exact) mass is 211 g/mol.